The summed E-state index contributed by atoms with van der Waals surface area (Å²) in [5.74, 6) is -0.904. The van der Waals surface area contributed by atoms with Crippen molar-refractivity contribution in [1.29, 1.82) is 0 Å². The van der Waals surface area contributed by atoms with Crippen LogP contribution in [0.25, 0.3) is 0 Å². The number of rotatable bonds is 47. The van der Waals surface area contributed by atoms with Crippen molar-refractivity contribution >= 4 is 17.9 Å². The molecule has 6 nitrogen and oxygen atoms in total. The van der Waals surface area contributed by atoms with Crippen LogP contribution in [-0.2, 0) is 28.6 Å². The minimum atomic E-state index is -0.780. The van der Waals surface area contributed by atoms with Crippen LogP contribution in [0.4, 0.5) is 0 Å². The van der Waals surface area contributed by atoms with Gasteiger partial charge in [0, 0.05) is 19.3 Å². The van der Waals surface area contributed by atoms with E-state index in [0.717, 1.165) is 83.5 Å². The van der Waals surface area contributed by atoms with Gasteiger partial charge < -0.3 is 14.2 Å². The first-order valence-electron chi connectivity index (χ1n) is 26.1. The maximum absolute atomic E-state index is 12.8. The van der Waals surface area contributed by atoms with Crippen LogP contribution in [0.1, 0.15) is 265 Å². The summed E-state index contributed by atoms with van der Waals surface area (Å²) in [7, 11) is 0. The van der Waals surface area contributed by atoms with Gasteiger partial charge in [-0.15, -0.1) is 0 Å². The molecular weight excluding hydrogens is 757 g/mol. The van der Waals surface area contributed by atoms with Gasteiger partial charge in [0.25, 0.3) is 0 Å². The summed E-state index contributed by atoms with van der Waals surface area (Å²) < 4.78 is 16.8. The molecule has 0 unspecified atom stereocenters. The Morgan fingerprint density at radius 2 is 0.590 bits per heavy atom. The van der Waals surface area contributed by atoms with Gasteiger partial charge in [0.1, 0.15) is 13.2 Å². The third-order valence-corrected chi connectivity index (χ3v) is 11.3. The Labute approximate surface area is 378 Å². The molecule has 0 aliphatic heterocycles. The lowest BCUT2D eigenvalue weighted by molar-refractivity contribution is -0.167. The minimum absolute atomic E-state index is 0.0798. The molecule has 6 heteroatoms. The molecule has 354 valence electrons. The Kier molecular flexibility index (Phi) is 47.9. The molecule has 0 saturated carbocycles. The fourth-order valence-corrected chi connectivity index (χ4v) is 7.37. The second kappa shape index (κ2) is 50.0. The van der Waals surface area contributed by atoms with E-state index < -0.39 is 6.10 Å². The van der Waals surface area contributed by atoms with Crippen LogP contribution in [0, 0.1) is 0 Å². The molecule has 0 amide bonds. The Bertz CT molecular complexity index is 1070. The summed E-state index contributed by atoms with van der Waals surface area (Å²) >= 11 is 0. The molecule has 0 aromatic rings. The first-order chi connectivity index (χ1) is 30.0. The number of carbonyl (C=O) groups excluding carboxylic acids is 3. The van der Waals surface area contributed by atoms with Gasteiger partial charge in [-0.2, -0.15) is 0 Å². The second-order valence-corrected chi connectivity index (χ2v) is 17.4. The van der Waals surface area contributed by atoms with Crippen molar-refractivity contribution in [1.82, 2.24) is 0 Å². The Hall–Kier alpha value is -2.63. The van der Waals surface area contributed by atoms with Crippen molar-refractivity contribution in [2.45, 2.75) is 271 Å². The normalized spacial score (nSPS) is 12.4. The highest BCUT2D eigenvalue weighted by Gasteiger charge is 2.19. The van der Waals surface area contributed by atoms with Crippen LogP contribution in [0.5, 0.6) is 0 Å². The SMILES string of the molecule is CCCCC/C=C\C/C=C\C/C=C\C/C=C\CCCCCC(=O)OC[C@@H](COC(=O)CCCCCCCCCCCCC)OC(=O)CCCCCCCCCCCCCCC. The van der Waals surface area contributed by atoms with E-state index in [1.807, 2.05) is 0 Å². The van der Waals surface area contributed by atoms with E-state index in [0.29, 0.717) is 19.3 Å². The standard InChI is InChI=1S/C55H98O6/c1-4-7-10-13-16-19-22-24-25-26-27-28-29-31-33-36-39-42-45-48-54(57)60-51-52(50-59-53(56)47-44-41-38-35-32-21-18-15-12-9-6-3)61-55(58)49-46-43-40-37-34-30-23-20-17-14-11-8-5-2/h16,19,24-25,27-28,31,33,52H,4-15,17-18,20-23,26,29-30,32,34-51H2,1-3H3/b19-16-,25-24-,28-27-,33-31-/t52-/m1/s1. The zero-order valence-corrected chi connectivity index (χ0v) is 40.4. The van der Waals surface area contributed by atoms with Gasteiger partial charge in [-0.25, -0.2) is 0 Å². The fourth-order valence-electron chi connectivity index (χ4n) is 7.37. The van der Waals surface area contributed by atoms with E-state index in [-0.39, 0.29) is 31.1 Å². The van der Waals surface area contributed by atoms with Crippen molar-refractivity contribution in [2.75, 3.05) is 13.2 Å². The lowest BCUT2D eigenvalue weighted by Crippen LogP contribution is -2.30. The lowest BCUT2D eigenvalue weighted by atomic mass is 10.0. The van der Waals surface area contributed by atoms with E-state index >= 15 is 0 Å². The van der Waals surface area contributed by atoms with Gasteiger partial charge in [-0.05, 0) is 64.2 Å². The highest BCUT2D eigenvalue weighted by atomic mass is 16.6. The van der Waals surface area contributed by atoms with Crippen molar-refractivity contribution in [2.24, 2.45) is 0 Å². The van der Waals surface area contributed by atoms with Crippen molar-refractivity contribution in [3.63, 3.8) is 0 Å². The number of ether oxygens (including phenoxy) is 3. The summed E-state index contributed by atoms with van der Waals surface area (Å²) in [6.45, 7) is 6.59. The Morgan fingerprint density at radius 3 is 0.951 bits per heavy atom. The first-order valence-corrected chi connectivity index (χ1v) is 26.1. The molecule has 0 spiro atoms. The zero-order chi connectivity index (χ0) is 44.4. The van der Waals surface area contributed by atoms with Crippen molar-refractivity contribution < 1.29 is 28.6 Å². The van der Waals surface area contributed by atoms with E-state index in [9.17, 15) is 14.4 Å². The Morgan fingerprint density at radius 1 is 0.328 bits per heavy atom. The smallest absolute Gasteiger partial charge is 0.306 e. The van der Waals surface area contributed by atoms with Crippen LogP contribution >= 0.6 is 0 Å². The molecule has 0 heterocycles. The number of hydrogen-bond donors (Lipinski definition) is 0. The van der Waals surface area contributed by atoms with Crippen LogP contribution in [-0.4, -0.2) is 37.2 Å². The molecular formula is C55H98O6. The van der Waals surface area contributed by atoms with E-state index in [1.165, 1.54) is 141 Å². The lowest BCUT2D eigenvalue weighted by Gasteiger charge is -2.18. The minimum Gasteiger partial charge on any atom is -0.462 e. The molecule has 0 aromatic heterocycles. The Balaban J connectivity index is 4.39. The van der Waals surface area contributed by atoms with Crippen LogP contribution < -0.4 is 0 Å². The predicted octanol–water partition coefficient (Wildman–Crippen LogP) is 17.1. The molecule has 0 rings (SSSR count). The number of allylic oxidation sites excluding steroid dienone is 8. The molecule has 0 aliphatic carbocycles. The first kappa shape index (κ1) is 58.4. The summed E-state index contributed by atoms with van der Waals surface area (Å²) in [4.78, 5) is 37.9. The van der Waals surface area contributed by atoms with Crippen LogP contribution in [0.3, 0.4) is 0 Å². The van der Waals surface area contributed by atoms with Crippen LogP contribution in [0.15, 0.2) is 48.6 Å². The number of carbonyl (C=O) groups is 3. The molecule has 0 bridgehead atoms. The van der Waals surface area contributed by atoms with Gasteiger partial charge in [0.2, 0.25) is 0 Å². The monoisotopic (exact) mass is 855 g/mol. The van der Waals surface area contributed by atoms with Gasteiger partial charge in [-0.1, -0.05) is 230 Å². The topological polar surface area (TPSA) is 78.9 Å². The van der Waals surface area contributed by atoms with Gasteiger partial charge in [0.15, 0.2) is 6.10 Å². The highest BCUT2D eigenvalue weighted by molar-refractivity contribution is 5.71. The van der Waals surface area contributed by atoms with Gasteiger partial charge in [0.05, 0.1) is 0 Å². The molecule has 0 radical (unpaired) electrons. The fraction of sp³-hybridized carbons (Fsp3) is 0.800. The van der Waals surface area contributed by atoms with Gasteiger partial charge >= 0.3 is 17.9 Å². The highest BCUT2D eigenvalue weighted by Crippen LogP contribution is 2.15. The average Bonchev–Trinajstić information content (AvgIpc) is 3.26. The average molecular weight is 855 g/mol. The summed E-state index contributed by atoms with van der Waals surface area (Å²) in [6.07, 6.45) is 59.5. The van der Waals surface area contributed by atoms with Crippen molar-refractivity contribution in [3.8, 4) is 0 Å². The third-order valence-electron chi connectivity index (χ3n) is 11.3. The quantitative estimate of drug-likeness (QED) is 0.0263. The summed E-state index contributed by atoms with van der Waals surface area (Å²) in [5, 5.41) is 0. The van der Waals surface area contributed by atoms with Crippen LogP contribution in [0.2, 0.25) is 0 Å². The molecule has 0 N–H and O–H groups in total. The largest absolute Gasteiger partial charge is 0.462 e. The third kappa shape index (κ3) is 48.3. The predicted molar refractivity (Wildman–Crippen MR) is 261 cm³/mol. The molecule has 0 fully saturated rings. The van der Waals surface area contributed by atoms with Crippen molar-refractivity contribution in [3.05, 3.63) is 48.6 Å². The van der Waals surface area contributed by atoms with E-state index in [1.54, 1.807) is 0 Å². The number of hydrogen-bond acceptors (Lipinski definition) is 6. The zero-order valence-electron chi connectivity index (χ0n) is 40.4. The number of unbranched alkanes of at least 4 members (excludes halogenated alkanes) is 28. The van der Waals surface area contributed by atoms with E-state index in [2.05, 4.69) is 69.4 Å². The maximum atomic E-state index is 12.8. The molecule has 0 aliphatic rings. The molecule has 0 aromatic carbocycles. The van der Waals surface area contributed by atoms with Gasteiger partial charge in [-0.3, -0.25) is 14.4 Å². The molecule has 61 heavy (non-hydrogen) atoms. The number of esters is 3. The van der Waals surface area contributed by atoms with E-state index in [4.69, 9.17) is 14.2 Å². The summed E-state index contributed by atoms with van der Waals surface area (Å²) in [6, 6.07) is 0. The maximum Gasteiger partial charge on any atom is 0.306 e. The molecule has 1 atom stereocenters. The molecule has 0 saturated heterocycles. The summed E-state index contributed by atoms with van der Waals surface area (Å²) in [5.41, 5.74) is 0. The second-order valence-electron chi connectivity index (χ2n) is 17.4.